The summed E-state index contributed by atoms with van der Waals surface area (Å²) in [5.41, 5.74) is -0.369. The normalized spacial score (nSPS) is 12.2. The number of amides is 1. The van der Waals surface area contributed by atoms with Gasteiger partial charge in [-0.1, -0.05) is 18.2 Å². The van der Waals surface area contributed by atoms with Crippen LogP contribution >= 0.6 is 0 Å². The number of aromatic amines is 1. The van der Waals surface area contributed by atoms with Gasteiger partial charge in [-0.25, -0.2) is 4.79 Å². The zero-order valence-electron chi connectivity index (χ0n) is 12.4. The number of rotatable bonds is 4. The maximum atomic E-state index is 12.0. The van der Waals surface area contributed by atoms with Crippen LogP contribution in [0.4, 0.5) is 0 Å². The first kappa shape index (κ1) is 14.8. The van der Waals surface area contributed by atoms with Crippen molar-refractivity contribution in [2.24, 2.45) is 0 Å². The van der Waals surface area contributed by atoms with E-state index in [1.54, 1.807) is 6.92 Å². The lowest BCUT2D eigenvalue weighted by Crippen LogP contribution is -2.36. The van der Waals surface area contributed by atoms with Gasteiger partial charge in [0.1, 0.15) is 17.9 Å². The number of H-pyrrole nitrogens is 1. The molecule has 1 atom stereocenters. The highest BCUT2D eigenvalue weighted by Crippen LogP contribution is 2.23. The third-order valence-corrected chi connectivity index (χ3v) is 3.46. The SMILES string of the molecule is CC(NC(=O)Cn1ccc(=O)[nH]c1=O)c1cc2ccccc2o1. The topological polar surface area (TPSA) is 97.1 Å². The minimum atomic E-state index is -0.621. The average molecular weight is 313 g/mol. The summed E-state index contributed by atoms with van der Waals surface area (Å²) in [6, 6.07) is 10.3. The number of benzene rings is 1. The van der Waals surface area contributed by atoms with Crippen LogP contribution in [0.3, 0.4) is 0 Å². The number of carbonyl (C=O) groups excluding carboxylic acids is 1. The minimum Gasteiger partial charge on any atom is -0.459 e. The lowest BCUT2D eigenvalue weighted by atomic mass is 10.2. The van der Waals surface area contributed by atoms with E-state index in [0.29, 0.717) is 5.76 Å². The molecule has 2 heterocycles. The molecule has 2 N–H and O–H groups in total. The van der Waals surface area contributed by atoms with Gasteiger partial charge in [0.05, 0.1) is 6.04 Å². The second-order valence-corrected chi connectivity index (χ2v) is 5.21. The van der Waals surface area contributed by atoms with Crippen LogP contribution in [0.2, 0.25) is 0 Å². The summed E-state index contributed by atoms with van der Waals surface area (Å²) in [4.78, 5) is 36.7. The van der Waals surface area contributed by atoms with Crippen molar-refractivity contribution in [2.75, 3.05) is 0 Å². The molecular formula is C16H15N3O4. The van der Waals surface area contributed by atoms with Crippen molar-refractivity contribution in [3.05, 3.63) is 69.2 Å². The number of nitrogens with zero attached hydrogens (tertiary/aromatic N) is 1. The molecule has 1 unspecified atom stereocenters. The number of carbonyl (C=O) groups is 1. The zero-order chi connectivity index (χ0) is 16.4. The van der Waals surface area contributed by atoms with Gasteiger partial charge < -0.3 is 9.73 Å². The molecule has 3 rings (SSSR count). The summed E-state index contributed by atoms with van der Waals surface area (Å²) in [6.45, 7) is 1.62. The number of furan rings is 1. The van der Waals surface area contributed by atoms with E-state index >= 15 is 0 Å². The summed E-state index contributed by atoms with van der Waals surface area (Å²) >= 11 is 0. The predicted octanol–water partition coefficient (Wildman–Crippen LogP) is 1.16. The Hall–Kier alpha value is -3.09. The quantitative estimate of drug-likeness (QED) is 0.755. The summed E-state index contributed by atoms with van der Waals surface area (Å²) < 4.78 is 6.82. The first-order valence-electron chi connectivity index (χ1n) is 7.10. The fourth-order valence-electron chi connectivity index (χ4n) is 2.30. The Morgan fingerprint density at radius 2 is 2.09 bits per heavy atom. The van der Waals surface area contributed by atoms with Crippen LogP contribution in [0.15, 0.2) is 56.6 Å². The van der Waals surface area contributed by atoms with Crippen molar-refractivity contribution in [3.63, 3.8) is 0 Å². The molecule has 0 aliphatic rings. The van der Waals surface area contributed by atoms with Gasteiger partial charge in [0, 0.05) is 17.6 Å². The molecule has 0 fully saturated rings. The molecule has 0 aliphatic carbocycles. The van der Waals surface area contributed by atoms with Crippen molar-refractivity contribution in [3.8, 4) is 0 Å². The Balaban J connectivity index is 1.71. The number of nitrogens with one attached hydrogen (secondary N) is 2. The molecule has 1 aromatic carbocycles. The van der Waals surface area contributed by atoms with E-state index in [-0.39, 0.29) is 18.5 Å². The monoisotopic (exact) mass is 313 g/mol. The fraction of sp³-hybridized carbons (Fsp3) is 0.188. The van der Waals surface area contributed by atoms with Crippen molar-refractivity contribution >= 4 is 16.9 Å². The van der Waals surface area contributed by atoms with E-state index in [1.807, 2.05) is 30.3 Å². The summed E-state index contributed by atoms with van der Waals surface area (Å²) in [7, 11) is 0. The first-order valence-corrected chi connectivity index (χ1v) is 7.10. The Morgan fingerprint density at radius 3 is 2.83 bits per heavy atom. The van der Waals surface area contributed by atoms with E-state index in [4.69, 9.17) is 4.42 Å². The molecular weight excluding hydrogens is 298 g/mol. The molecule has 2 aromatic heterocycles. The van der Waals surface area contributed by atoms with E-state index < -0.39 is 11.2 Å². The highest BCUT2D eigenvalue weighted by molar-refractivity contribution is 5.79. The average Bonchev–Trinajstić information content (AvgIpc) is 2.94. The van der Waals surface area contributed by atoms with Crippen LogP contribution in [0.1, 0.15) is 18.7 Å². The minimum absolute atomic E-state index is 0.180. The van der Waals surface area contributed by atoms with E-state index in [0.717, 1.165) is 15.5 Å². The Kier molecular flexibility index (Phi) is 3.84. The zero-order valence-corrected chi connectivity index (χ0v) is 12.4. The maximum absolute atomic E-state index is 12.0. The summed E-state index contributed by atoms with van der Waals surface area (Å²) in [5.74, 6) is 0.278. The molecule has 0 spiro atoms. The lowest BCUT2D eigenvalue weighted by molar-refractivity contribution is -0.122. The molecule has 7 nitrogen and oxygen atoms in total. The number of aromatic nitrogens is 2. The molecule has 0 saturated carbocycles. The second-order valence-electron chi connectivity index (χ2n) is 5.21. The van der Waals surface area contributed by atoms with Crippen molar-refractivity contribution in [1.29, 1.82) is 0 Å². The molecule has 0 radical (unpaired) electrons. The van der Waals surface area contributed by atoms with Crippen LogP contribution in [-0.2, 0) is 11.3 Å². The highest BCUT2D eigenvalue weighted by atomic mass is 16.3. The van der Waals surface area contributed by atoms with Crippen LogP contribution in [0.5, 0.6) is 0 Å². The van der Waals surface area contributed by atoms with Crippen molar-refractivity contribution < 1.29 is 9.21 Å². The highest BCUT2D eigenvalue weighted by Gasteiger charge is 2.14. The largest absolute Gasteiger partial charge is 0.459 e. The van der Waals surface area contributed by atoms with Gasteiger partial charge in [-0.2, -0.15) is 0 Å². The smallest absolute Gasteiger partial charge is 0.328 e. The van der Waals surface area contributed by atoms with Gasteiger partial charge in [0.2, 0.25) is 5.91 Å². The molecule has 0 aliphatic heterocycles. The Labute approximate surface area is 130 Å². The number of hydrogen-bond acceptors (Lipinski definition) is 4. The van der Waals surface area contributed by atoms with Gasteiger partial charge >= 0.3 is 5.69 Å². The summed E-state index contributed by atoms with van der Waals surface area (Å²) in [6.07, 6.45) is 1.28. The Morgan fingerprint density at radius 1 is 1.30 bits per heavy atom. The molecule has 118 valence electrons. The third-order valence-electron chi connectivity index (χ3n) is 3.46. The van der Waals surface area contributed by atoms with Crippen molar-refractivity contribution in [1.82, 2.24) is 14.9 Å². The van der Waals surface area contributed by atoms with Gasteiger partial charge in [-0.3, -0.25) is 19.1 Å². The Bertz CT molecular complexity index is 934. The first-order chi connectivity index (χ1) is 11.0. The lowest BCUT2D eigenvalue weighted by Gasteiger charge is -2.12. The summed E-state index contributed by atoms with van der Waals surface area (Å²) in [5, 5.41) is 3.72. The molecule has 23 heavy (non-hydrogen) atoms. The number of para-hydroxylation sites is 1. The maximum Gasteiger partial charge on any atom is 0.328 e. The van der Waals surface area contributed by atoms with Gasteiger partial charge in [0.15, 0.2) is 0 Å². The van der Waals surface area contributed by atoms with Crippen molar-refractivity contribution in [2.45, 2.75) is 19.5 Å². The third kappa shape index (κ3) is 3.23. The van der Waals surface area contributed by atoms with E-state index in [2.05, 4.69) is 10.3 Å². The molecule has 1 amide bonds. The van der Waals surface area contributed by atoms with Gasteiger partial charge in [-0.05, 0) is 19.1 Å². The van der Waals surface area contributed by atoms with Crippen LogP contribution in [0.25, 0.3) is 11.0 Å². The fourth-order valence-corrected chi connectivity index (χ4v) is 2.30. The van der Waals surface area contributed by atoms with Crippen LogP contribution in [-0.4, -0.2) is 15.5 Å². The molecule has 0 saturated heterocycles. The van der Waals surface area contributed by atoms with Gasteiger partial charge in [-0.15, -0.1) is 0 Å². The second kappa shape index (κ2) is 5.96. The van der Waals surface area contributed by atoms with Crippen LogP contribution in [0, 0.1) is 0 Å². The van der Waals surface area contributed by atoms with Crippen LogP contribution < -0.4 is 16.6 Å². The number of hydrogen-bond donors (Lipinski definition) is 2. The predicted molar refractivity (Wildman–Crippen MR) is 84.1 cm³/mol. The standard InChI is InChI=1S/C16H15N3O4/c1-10(13-8-11-4-2-3-5-12(11)23-13)17-15(21)9-19-7-6-14(20)18-16(19)22/h2-8,10H,9H2,1H3,(H,17,21)(H,18,20,22). The van der Waals surface area contributed by atoms with E-state index in [1.165, 1.54) is 12.3 Å². The molecule has 3 aromatic rings. The molecule has 7 heteroatoms. The molecule has 0 bridgehead atoms. The van der Waals surface area contributed by atoms with Gasteiger partial charge in [0.25, 0.3) is 5.56 Å². The number of fused-ring (bicyclic) bond motifs is 1. The van der Waals surface area contributed by atoms with E-state index in [9.17, 15) is 14.4 Å².